The van der Waals surface area contributed by atoms with Crippen LogP contribution < -0.4 is 21.5 Å². The van der Waals surface area contributed by atoms with Gasteiger partial charge in [-0.15, -0.1) is 0 Å². The number of H-pyrrole nitrogens is 1. The molecule has 1 saturated heterocycles. The standard InChI is InChI=1S/C12H18N6O2/c1-16-9-8(10(19)17(2)12(16)20)14-11(15-9)18-6-3-4-13-5-7-18/h13H,3-7H2,1-2H3,(H,14,15). The Hall–Kier alpha value is -2.09. The first-order valence-electron chi connectivity index (χ1n) is 6.71. The minimum absolute atomic E-state index is 0.338. The number of anilines is 1. The monoisotopic (exact) mass is 278 g/mol. The maximum absolute atomic E-state index is 12.1. The number of imidazole rings is 1. The highest BCUT2D eigenvalue weighted by atomic mass is 16.2. The lowest BCUT2D eigenvalue weighted by atomic mass is 10.4. The normalized spacial score (nSPS) is 16.6. The third kappa shape index (κ3) is 1.92. The molecule has 0 atom stereocenters. The molecule has 0 bridgehead atoms. The third-order valence-corrected chi connectivity index (χ3v) is 3.72. The van der Waals surface area contributed by atoms with Crippen LogP contribution in [0.1, 0.15) is 6.42 Å². The average Bonchev–Trinajstić information content (AvgIpc) is 2.71. The highest BCUT2D eigenvalue weighted by Crippen LogP contribution is 2.14. The van der Waals surface area contributed by atoms with E-state index in [1.165, 1.54) is 11.6 Å². The van der Waals surface area contributed by atoms with Gasteiger partial charge in [-0.3, -0.25) is 13.9 Å². The van der Waals surface area contributed by atoms with Crippen LogP contribution in [0.3, 0.4) is 0 Å². The van der Waals surface area contributed by atoms with Gasteiger partial charge in [0.05, 0.1) is 0 Å². The first-order chi connectivity index (χ1) is 9.59. The molecule has 0 spiro atoms. The van der Waals surface area contributed by atoms with Crippen molar-refractivity contribution in [2.24, 2.45) is 14.1 Å². The van der Waals surface area contributed by atoms with Crippen molar-refractivity contribution in [3.8, 4) is 0 Å². The molecule has 0 unspecified atom stereocenters. The molecule has 2 aromatic heterocycles. The minimum Gasteiger partial charge on any atom is -0.341 e. The topological polar surface area (TPSA) is 87.9 Å². The van der Waals surface area contributed by atoms with Crippen molar-refractivity contribution < 1.29 is 0 Å². The van der Waals surface area contributed by atoms with Gasteiger partial charge in [-0.1, -0.05) is 0 Å². The molecule has 8 nitrogen and oxygen atoms in total. The maximum Gasteiger partial charge on any atom is 0.332 e. The highest BCUT2D eigenvalue weighted by molar-refractivity contribution is 5.72. The summed E-state index contributed by atoms with van der Waals surface area (Å²) in [5.41, 5.74) is 0.0833. The number of hydrogen-bond donors (Lipinski definition) is 2. The van der Waals surface area contributed by atoms with Gasteiger partial charge in [0.1, 0.15) is 0 Å². The molecule has 0 amide bonds. The van der Waals surface area contributed by atoms with E-state index in [0.29, 0.717) is 17.1 Å². The Morgan fingerprint density at radius 3 is 2.70 bits per heavy atom. The van der Waals surface area contributed by atoms with Gasteiger partial charge in [0.25, 0.3) is 5.56 Å². The van der Waals surface area contributed by atoms with Crippen molar-refractivity contribution in [2.75, 3.05) is 31.1 Å². The molecule has 0 radical (unpaired) electrons. The van der Waals surface area contributed by atoms with Crippen molar-refractivity contribution in [1.29, 1.82) is 0 Å². The zero-order chi connectivity index (χ0) is 14.3. The van der Waals surface area contributed by atoms with Crippen LogP contribution in [0.4, 0.5) is 5.95 Å². The SMILES string of the molecule is Cn1c(=O)c2[nH]c(N3CCCNCC3)nc2n(C)c1=O. The Bertz CT molecular complexity index is 748. The van der Waals surface area contributed by atoms with Crippen molar-refractivity contribution in [3.63, 3.8) is 0 Å². The number of nitrogens with one attached hydrogen (secondary N) is 2. The first-order valence-corrected chi connectivity index (χ1v) is 6.71. The van der Waals surface area contributed by atoms with Crippen molar-refractivity contribution in [2.45, 2.75) is 6.42 Å². The van der Waals surface area contributed by atoms with E-state index in [1.54, 1.807) is 7.05 Å². The fourth-order valence-corrected chi connectivity index (χ4v) is 2.52. The molecule has 20 heavy (non-hydrogen) atoms. The Kier molecular flexibility index (Phi) is 3.09. The van der Waals surface area contributed by atoms with Crippen molar-refractivity contribution in [3.05, 3.63) is 20.8 Å². The second-order valence-corrected chi connectivity index (χ2v) is 5.06. The van der Waals surface area contributed by atoms with Gasteiger partial charge in [0.15, 0.2) is 11.2 Å². The van der Waals surface area contributed by atoms with Gasteiger partial charge in [-0.2, -0.15) is 4.98 Å². The zero-order valence-electron chi connectivity index (χ0n) is 11.6. The summed E-state index contributed by atoms with van der Waals surface area (Å²) in [6.45, 7) is 3.57. The molecule has 1 fully saturated rings. The number of nitrogens with zero attached hydrogens (tertiary/aromatic N) is 4. The van der Waals surface area contributed by atoms with Gasteiger partial charge in [0, 0.05) is 33.7 Å². The van der Waals surface area contributed by atoms with Gasteiger partial charge >= 0.3 is 5.69 Å². The number of hydrogen-bond acceptors (Lipinski definition) is 5. The molecule has 2 N–H and O–H groups in total. The molecule has 108 valence electrons. The van der Waals surface area contributed by atoms with Crippen LogP contribution in [0, 0.1) is 0 Å². The number of aromatic nitrogens is 4. The van der Waals surface area contributed by atoms with Crippen molar-refractivity contribution in [1.82, 2.24) is 24.4 Å². The summed E-state index contributed by atoms with van der Waals surface area (Å²) in [5.74, 6) is 0.655. The molecule has 0 aromatic carbocycles. The molecular weight excluding hydrogens is 260 g/mol. The van der Waals surface area contributed by atoms with Gasteiger partial charge in [-0.25, -0.2) is 4.79 Å². The van der Waals surface area contributed by atoms with Crippen LogP contribution in [-0.4, -0.2) is 45.3 Å². The van der Waals surface area contributed by atoms with Crippen LogP contribution >= 0.6 is 0 Å². The number of fused-ring (bicyclic) bond motifs is 1. The second-order valence-electron chi connectivity index (χ2n) is 5.06. The predicted octanol–water partition coefficient (Wildman–Crippen LogP) is -1.24. The number of rotatable bonds is 1. The smallest absolute Gasteiger partial charge is 0.332 e. The highest BCUT2D eigenvalue weighted by Gasteiger charge is 2.17. The summed E-state index contributed by atoms with van der Waals surface area (Å²) in [4.78, 5) is 33.6. The number of aromatic amines is 1. The Morgan fingerprint density at radius 1 is 1.10 bits per heavy atom. The summed E-state index contributed by atoms with van der Waals surface area (Å²) >= 11 is 0. The van der Waals surface area contributed by atoms with Crippen molar-refractivity contribution >= 4 is 17.1 Å². The third-order valence-electron chi connectivity index (χ3n) is 3.72. The lowest BCUT2D eigenvalue weighted by Gasteiger charge is -2.18. The molecule has 1 aliphatic heterocycles. The lowest BCUT2D eigenvalue weighted by molar-refractivity contribution is 0.708. The maximum atomic E-state index is 12.1. The molecule has 3 rings (SSSR count). The predicted molar refractivity (Wildman–Crippen MR) is 76.3 cm³/mol. The average molecular weight is 278 g/mol. The molecule has 0 aliphatic carbocycles. The Balaban J connectivity index is 2.15. The van der Waals surface area contributed by atoms with Gasteiger partial charge in [0.2, 0.25) is 5.95 Å². The minimum atomic E-state index is -0.363. The van der Waals surface area contributed by atoms with E-state index in [-0.39, 0.29) is 11.2 Å². The molecular formula is C12H18N6O2. The number of aryl methyl sites for hydroxylation is 1. The largest absolute Gasteiger partial charge is 0.341 e. The molecule has 0 saturated carbocycles. The van der Waals surface area contributed by atoms with E-state index < -0.39 is 0 Å². The molecule has 1 aliphatic rings. The van der Waals surface area contributed by atoms with Gasteiger partial charge < -0.3 is 15.2 Å². The van der Waals surface area contributed by atoms with E-state index >= 15 is 0 Å². The summed E-state index contributed by atoms with van der Waals surface area (Å²) in [7, 11) is 3.10. The van der Waals surface area contributed by atoms with E-state index in [2.05, 4.69) is 20.2 Å². The zero-order valence-corrected chi connectivity index (χ0v) is 11.6. The second kappa shape index (κ2) is 4.78. The van der Waals surface area contributed by atoms with E-state index in [1.807, 2.05) is 0 Å². The fraction of sp³-hybridized carbons (Fsp3) is 0.583. The summed E-state index contributed by atoms with van der Waals surface area (Å²) in [5, 5.41) is 3.32. The summed E-state index contributed by atoms with van der Waals surface area (Å²) in [6.07, 6.45) is 1.02. The van der Waals surface area contributed by atoms with Crippen LogP contribution in [0.25, 0.3) is 11.2 Å². The van der Waals surface area contributed by atoms with Crippen LogP contribution in [0.15, 0.2) is 9.59 Å². The van der Waals surface area contributed by atoms with E-state index in [0.717, 1.165) is 37.2 Å². The Labute approximate surface area is 115 Å². The first kappa shape index (κ1) is 12.9. The Morgan fingerprint density at radius 2 is 1.90 bits per heavy atom. The lowest BCUT2D eigenvalue weighted by Crippen LogP contribution is -2.36. The van der Waals surface area contributed by atoms with Crippen LogP contribution in [0.2, 0.25) is 0 Å². The summed E-state index contributed by atoms with van der Waals surface area (Å²) in [6, 6.07) is 0. The summed E-state index contributed by atoms with van der Waals surface area (Å²) < 4.78 is 2.49. The van der Waals surface area contributed by atoms with E-state index in [9.17, 15) is 9.59 Å². The molecule has 2 aromatic rings. The molecule has 8 heteroatoms. The quantitative estimate of drug-likeness (QED) is 0.681. The van der Waals surface area contributed by atoms with E-state index in [4.69, 9.17) is 0 Å². The van der Waals surface area contributed by atoms with Crippen LogP contribution in [0.5, 0.6) is 0 Å². The van der Waals surface area contributed by atoms with Gasteiger partial charge in [-0.05, 0) is 13.0 Å². The fourth-order valence-electron chi connectivity index (χ4n) is 2.52. The van der Waals surface area contributed by atoms with Crippen LogP contribution in [-0.2, 0) is 14.1 Å². The molecule has 3 heterocycles.